The minimum atomic E-state index is -0.230. The van der Waals surface area contributed by atoms with Gasteiger partial charge in [0.2, 0.25) is 0 Å². The van der Waals surface area contributed by atoms with E-state index in [0.717, 1.165) is 15.9 Å². The number of amides is 1. The summed E-state index contributed by atoms with van der Waals surface area (Å²) in [4.78, 5) is 19.6. The van der Waals surface area contributed by atoms with Crippen LogP contribution in [0.3, 0.4) is 0 Å². The van der Waals surface area contributed by atoms with Crippen molar-refractivity contribution in [3.63, 3.8) is 0 Å². The molecule has 0 N–H and O–H groups in total. The van der Waals surface area contributed by atoms with Gasteiger partial charge in [0, 0.05) is 31.9 Å². The van der Waals surface area contributed by atoms with E-state index >= 15 is 0 Å². The molecule has 3 aromatic rings. The Bertz CT molecular complexity index is 994. The number of benzene rings is 2. The van der Waals surface area contributed by atoms with Gasteiger partial charge < -0.3 is 9.47 Å². The van der Waals surface area contributed by atoms with Crippen molar-refractivity contribution in [1.29, 1.82) is 0 Å². The molecule has 0 atom stereocenters. The zero-order chi connectivity index (χ0) is 18.0. The lowest BCUT2D eigenvalue weighted by Gasteiger charge is -2.11. The van der Waals surface area contributed by atoms with Gasteiger partial charge in [0.15, 0.2) is 4.80 Å². The van der Waals surface area contributed by atoms with Gasteiger partial charge in [0.05, 0.1) is 10.2 Å². The summed E-state index contributed by atoms with van der Waals surface area (Å²) in [5.41, 5.74) is 3.90. The Morgan fingerprint density at radius 3 is 2.60 bits per heavy atom. The van der Waals surface area contributed by atoms with E-state index in [2.05, 4.69) is 36.7 Å². The molecule has 2 aromatic carbocycles. The first-order valence-electron chi connectivity index (χ1n) is 8.07. The summed E-state index contributed by atoms with van der Waals surface area (Å²) >= 11 is 1.53. The van der Waals surface area contributed by atoms with Crippen LogP contribution >= 0.6 is 11.3 Å². The molecule has 0 radical (unpaired) electrons. The number of anilines is 1. The molecule has 1 heterocycles. The molecular weight excluding hydrogens is 330 g/mol. The molecule has 0 fully saturated rings. The number of hydrogen-bond acceptors (Lipinski definition) is 3. The van der Waals surface area contributed by atoms with Crippen LogP contribution < -0.4 is 9.70 Å². The monoisotopic (exact) mass is 351 g/mol. The van der Waals surface area contributed by atoms with Gasteiger partial charge in [-0.1, -0.05) is 23.5 Å². The molecule has 1 amide bonds. The molecular formula is C20H21N3OS. The summed E-state index contributed by atoms with van der Waals surface area (Å²) in [7, 11) is 3.94. The molecule has 0 saturated carbocycles. The second kappa shape index (κ2) is 7.07. The van der Waals surface area contributed by atoms with E-state index in [0.29, 0.717) is 16.9 Å². The van der Waals surface area contributed by atoms with Crippen molar-refractivity contribution in [2.75, 3.05) is 19.0 Å². The SMILES string of the molecule is C=CCn1c(=NC(=O)c2ccc(N(C)C)cc2)sc2cc(C)ccc21. The van der Waals surface area contributed by atoms with Crippen molar-refractivity contribution < 1.29 is 4.79 Å². The van der Waals surface area contributed by atoms with Crippen molar-refractivity contribution in [2.24, 2.45) is 4.99 Å². The lowest BCUT2D eigenvalue weighted by molar-refractivity contribution is 0.0998. The Balaban J connectivity index is 2.06. The average Bonchev–Trinajstić information content (AvgIpc) is 2.91. The Labute approximate surface area is 151 Å². The topological polar surface area (TPSA) is 37.6 Å². The van der Waals surface area contributed by atoms with E-state index in [1.807, 2.05) is 53.9 Å². The minimum Gasteiger partial charge on any atom is -0.378 e. The molecule has 0 aliphatic carbocycles. The smallest absolute Gasteiger partial charge is 0.279 e. The van der Waals surface area contributed by atoms with Crippen molar-refractivity contribution in [2.45, 2.75) is 13.5 Å². The van der Waals surface area contributed by atoms with Gasteiger partial charge in [-0.15, -0.1) is 6.58 Å². The molecule has 0 aliphatic rings. The van der Waals surface area contributed by atoms with E-state index in [1.165, 1.54) is 16.9 Å². The number of thiazole rings is 1. The number of fused-ring (bicyclic) bond motifs is 1. The van der Waals surface area contributed by atoms with Crippen LogP contribution in [-0.2, 0) is 6.54 Å². The van der Waals surface area contributed by atoms with Crippen LogP contribution in [0.25, 0.3) is 10.2 Å². The molecule has 0 saturated heterocycles. The molecule has 25 heavy (non-hydrogen) atoms. The van der Waals surface area contributed by atoms with Gasteiger partial charge in [0.1, 0.15) is 0 Å². The molecule has 0 spiro atoms. The van der Waals surface area contributed by atoms with Crippen molar-refractivity contribution in [1.82, 2.24) is 4.57 Å². The normalized spacial score (nSPS) is 11.7. The number of hydrogen-bond donors (Lipinski definition) is 0. The van der Waals surface area contributed by atoms with Crippen LogP contribution in [0.4, 0.5) is 5.69 Å². The first-order chi connectivity index (χ1) is 12.0. The second-order valence-corrected chi connectivity index (χ2v) is 7.12. The number of rotatable bonds is 4. The lowest BCUT2D eigenvalue weighted by Crippen LogP contribution is -2.16. The number of carbonyl (C=O) groups excluding carboxylic acids is 1. The lowest BCUT2D eigenvalue weighted by atomic mass is 10.2. The highest BCUT2D eigenvalue weighted by Crippen LogP contribution is 2.19. The second-order valence-electron chi connectivity index (χ2n) is 6.11. The quantitative estimate of drug-likeness (QED) is 0.666. The van der Waals surface area contributed by atoms with E-state index in [9.17, 15) is 4.79 Å². The van der Waals surface area contributed by atoms with E-state index in [4.69, 9.17) is 0 Å². The van der Waals surface area contributed by atoms with E-state index in [-0.39, 0.29) is 5.91 Å². The van der Waals surface area contributed by atoms with Crippen LogP contribution in [0.1, 0.15) is 15.9 Å². The highest BCUT2D eigenvalue weighted by atomic mass is 32.1. The average molecular weight is 351 g/mol. The van der Waals surface area contributed by atoms with Crippen LogP contribution in [0.15, 0.2) is 60.1 Å². The summed E-state index contributed by atoms with van der Waals surface area (Å²) in [5.74, 6) is -0.230. The van der Waals surface area contributed by atoms with Crippen molar-refractivity contribution in [3.05, 3.63) is 71.0 Å². The molecule has 128 valence electrons. The highest BCUT2D eigenvalue weighted by Gasteiger charge is 2.09. The van der Waals surface area contributed by atoms with Gasteiger partial charge in [0.25, 0.3) is 5.91 Å². The third-order valence-corrected chi connectivity index (χ3v) is 5.02. The van der Waals surface area contributed by atoms with Gasteiger partial charge in [-0.2, -0.15) is 4.99 Å². The fraction of sp³-hybridized carbons (Fsp3) is 0.200. The van der Waals surface area contributed by atoms with Crippen LogP contribution in [0.5, 0.6) is 0 Å². The zero-order valence-corrected chi connectivity index (χ0v) is 15.5. The predicted octanol–water partition coefficient (Wildman–Crippen LogP) is 4.00. The fourth-order valence-electron chi connectivity index (χ4n) is 2.62. The number of carbonyl (C=O) groups is 1. The maximum absolute atomic E-state index is 12.6. The van der Waals surface area contributed by atoms with Gasteiger partial charge in [-0.05, 0) is 48.9 Å². The van der Waals surface area contributed by atoms with Crippen molar-refractivity contribution >= 4 is 33.1 Å². The number of aromatic nitrogens is 1. The third kappa shape index (κ3) is 3.56. The fourth-order valence-corrected chi connectivity index (χ4v) is 3.76. The van der Waals surface area contributed by atoms with E-state index in [1.54, 1.807) is 0 Å². The highest BCUT2D eigenvalue weighted by molar-refractivity contribution is 7.16. The van der Waals surface area contributed by atoms with E-state index < -0.39 is 0 Å². The Hall–Kier alpha value is -2.66. The first kappa shape index (κ1) is 17.2. The van der Waals surface area contributed by atoms with Crippen LogP contribution in [0, 0.1) is 6.92 Å². The molecule has 0 unspecified atom stereocenters. The predicted molar refractivity (Wildman–Crippen MR) is 105 cm³/mol. The van der Waals surface area contributed by atoms with Gasteiger partial charge >= 0.3 is 0 Å². The summed E-state index contributed by atoms with van der Waals surface area (Å²) in [5, 5.41) is 0. The molecule has 0 aliphatic heterocycles. The summed E-state index contributed by atoms with van der Waals surface area (Å²) in [6.45, 7) is 6.50. The molecule has 0 bridgehead atoms. The van der Waals surface area contributed by atoms with Gasteiger partial charge in [-0.3, -0.25) is 4.79 Å². The number of aryl methyl sites for hydroxylation is 1. The maximum Gasteiger partial charge on any atom is 0.279 e. The maximum atomic E-state index is 12.6. The summed E-state index contributed by atoms with van der Waals surface area (Å²) in [6, 6.07) is 13.7. The number of nitrogens with zero attached hydrogens (tertiary/aromatic N) is 3. The largest absolute Gasteiger partial charge is 0.378 e. The molecule has 1 aromatic heterocycles. The molecule has 5 heteroatoms. The Morgan fingerprint density at radius 2 is 1.96 bits per heavy atom. The third-order valence-electron chi connectivity index (χ3n) is 3.98. The standard InChI is InChI=1S/C20H21N3OS/c1-5-12-23-17-11-6-14(2)13-18(17)25-20(23)21-19(24)15-7-9-16(10-8-15)22(3)4/h5-11,13H,1,12H2,2-4H3. The van der Waals surface area contributed by atoms with Crippen molar-refractivity contribution in [3.8, 4) is 0 Å². The Kier molecular flexibility index (Phi) is 4.86. The summed E-state index contributed by atoms with van der Waals surface area (Å²) in [6.07, 6.45) is 1.82. The summed E-state index contributed by atoms with van der Waals surface area (Å²) < 4.78 is 3.15. The molecule has 3 rings (SSSR count). The Morgan fingerprint density at radius 1 is 1.24 bits per heavy atom. The first-order valence-corrected chi connectivity index (χ1v) is 8.88. The van der Waals surface area contributed by atoms with Gasteiger partial charge in [-0.25, -0.2) is 0 Å². The zero-order valence-electron chi connectivity index (χ0n) is 14.7. The van der Waals surface area contributed by atoms with Crippen LogP contribution in [0.2, 0.25) is 0 Å². The van der Waals surface area contributed by atoms with Crippen LogP contribution in [-0.4, -0.2) is 24.6 Å². The number of allylic oxidation sites excluding steroid dienone is 1. The molecule has 4 nitrogen and oxygen atoms in total. The minimum absolute atomic E-state index is 0.230.